The van der Waals surface area contributed by atoms with Crippen molar-refractivity contribution in [2.75, 3.05) is 19.6 Å². The fourth-order valence-electron chi connectivity index (χ4n) is 3.65. The van der Waals surface area contributed by atoms with Gasteiger partial charge in [0.15, 0.2) is 11.6 Å². The summed E-state index contributed by atoms with van der Waals surface area (Å²) in [7, 11) is 0. The van der Waals surface area contributed by atoms with Crippen LogP contribution in [0.4, 0.5) is 8.78 Å². The molecule has 1 aromatic carbocycles. The van der Waals surface area contributed by atoms with E-state index < -0.39 is 11.6 Å². The van der Waals surface area contributed by atoms with E-state index in [2.05, 4.69) is 15.1 Å². The second-order valence-electron chi connectivity index (χ2n) is 6.53. The topological polar surface area (TPSA) is 38.2 Å². The summed E-state index contributed by atoms with van der Waals surface area (Å²) in [6, 6.07) is 7.18. The predicted octanol–water partition coefficient (Wildman–Crippen LogP) is 3.28. The van der Waals surface area contributed by atoms with Crippen LogP contribution in [0.25, 0.3) is 11.3 Å². The molecule has 6 heteroatoms. The van der Waals surface area contributed by atoms with Gasteiger partial charge >= 0.3 is 0 Å². The van der Waals surface area contributed by atoms with Crippen LogP contribution in [0.15, 0.2) is 30.3 Å². The summed E-state index contributed by atoms with van der Waals surface area (Å²) >= 11 is 0. The first-order valence-electron chi connectivity index (χ1n) is 8.37. The van der Waals surface area contributed by atoms with Gasteiger partial charge in [-0.25, -0.2) is 8.78 Å². The van der Waals surface area contributed by atoms with Crippen LogP contribution in [0.5, 0.6) is 5.88 Å². The number of hydrogen-bond acceptors (Lipinski definition) is 4. The van der Waals surface area contributed by atoms with Crippen LogP contribution >= 0.6 is 0 Å². The number of benzene rings is 1. The van der Waals surface area contributed by atoms with E-state index in [4.69, 9.17) is 4.74 Å². The zero-order valence-electron chi connectivity index (χ0n) is 13.3. The van der Waals surface area contributed by atoms with Gasteiger partial charge in [-0.05, 0) is 50.1 Å². The molecular weight excluding hydrogens is 312 g/mol. The normalized spacial score (nSPS) is 26.2. The van der Waals surface area contributed by atoms with Crippen molar-refractivity contribution < 1.29 is 13.5 Å². The van der Waals surface area contributed by atoms with Gasteiger partial charge in [0, 0.05) is 30.6 Å². The zero-order valence-corrected chi connectivity index (χ0v) is 13.3. The summed E-state index contributed by atoms with van der Waals surface area (Å²) in [4.78, 5) is 2.49. The number of aromatic nitrogens is 2. The van der Waals surface area contributed by atoms with Crippen LogP contribution in [0.3, 0.4) is 0 Å². The summed E-state index contributed by atoms with van der Waals surface area (Å²) in [6.07, 6.45) is 3.62. The molecule has 0 amide bonds. The smallest absolute Gasteiger partial charge is 0.233 e. The summed E-state index contributed by atoms with van der Waals surface area (Å²) in [5, 5.41) is 8.20. The molecule has 0 spiro atoms. The van der Waals surface area contributed by atoms with Crippen LogP contribution in [-0.2, 0) is 0 Å². The highest BCUT2D eigenvalue weighted by Crippen LogP contribution is 2.29. The van der Waals surface area contributed by atoms with Gasteiger partial charge in [-0.3, -0.25) is 0 Å². The molecule has 0 N–H and O–H groups in total. The number of rotatable bonds is 3. The Hall–Kier alpha value is -2.08. The molecule has 3 heterocycles. The number of fused-ring (bicyclic) bond motifs is 2. The Morgan fingerprint density at radius 1 is 1.00 bits per heavy atom. The molecule has 4 nitrogen and oxygen atoms in total. The summed E-state index contributed by atoms with van der Waals surface area (Å²) in [5.74, 6) is -0.713. The Kier molecular flexibility index (Phi) is 4.14. The largest absolute Gasteiger partial charge is 0.473 e. The first-order valence-corrected chi connectivity index (χ1v) is 8.37. The van der Waals surface area contributed by atoms with Crippen molar-refractivity contribution in [2.24, 2.45) is 5.92 Å². The van der Waals surface area contributed by atoms with Crippen molar-refractivity contribution in [3.8, 4) is 17.1 Å². The van der Waals surface area contributed by atoms with Gasteiger partial charge in [0.25, 0.3) is 0 Å². The third kappa shape index (κ3) is 3.11. The Labute approximate surface area is 139 Å². The molecule has 2 aromatic rings. The molecule has 0 saturated carbocycles. The molecule has 2 fully saturated rings. The number of nitrogens with zero attached hydrogens (tertiary/aromatic N) is 3. The standard InChI is InChI=1S/C18H19F2N3O/c19-14-4-3-12(10-15(14)20)16-5-6-18(22-21-16)24-17-7-9-23-8-1-2-13(17)11-23/h3-6,10,13,17H,1-2,7-9,11H2. The molecule has 0 aliphatic carbocycles. The number of hydrogen-bond donors (Lipinski definition) is 0. The monoisotopic (exact) mass is 331 g/mol. The third-order valence-corrected chi connectivity index (χ3v) is 4.93. The van der Waals surface area contributed by atoms with Crippen molar-refractivity contribution in [3.05, 3.63) is 42.0 Å². The van der Waals surface area contributed by atoms with E-state index in [9.17, 15) is 8.78 Å². The lowest BCUT2D eigenvalue weighted by molar-refractivity contribution is 0.0123. The molecule has 24 heavy (non-hydrogen) atoms. The molecular formula is C18H19F2N3O. The van der Waals surface area contributed by atoms with E-state index in [0.29, 0.717) is 23.1 Å². The molecule has 126 valence electrons. The quantitative estimate of drug-likeness (QED) is 0.865. The maximum atomic E-state index is 13.3. The number of halogens is 2. The van der Waals surface area contributed by atoms with Gasteiger partial charge < -0.3 is 9.64 Å². The molecule has 2 aliphatic rings. The molecule has 2 bridgehead atoms. The Morgan fingerprint density at radius 3 is 2.71 bits per heavy atom. The minimum Gasteiger partial charge on any atom is -0.473 e. The highest BCUT2D eigenvalue weighted by molar-refractivity contribution is 5.58. The van der Waals surface area contributed by atoms with E-state index in [0.717, 1.165) is 31.6 Å². The van der Waals surface area contributed by atoms with Crippen molar-refractivity contribution in [1.29, 1.82) is 0 Å². The lowest BCUT2D eigenvalue weighted by Gasteiger charge is -2.42. The average molecular weight is 331 g/mol. The first-order chi connectivity index (χ1) is 11.7. The van der Waals surface area contributed by atoms with Crippen LogP contribution in [0.1, 0.15) is 19.3 Å². The maximum absolute atomic E-state index is 13.3. The van der Waals surface area contributed by atoms with E-state index >= 15 is 0 Å². The van der Waals surface area contributed by atoms with Crippen molar-refractivity contribution in [1.82, 2.24) is 15.1 Å². The van der Waals surface area contributed by atoms with Crippen molar-refractivity contribution in [2.45, 2.75) is 25.4 Å². The van der Waals surface area contributed by atoms with Gasteiger partial charge in [0.1, 0.15) is 6.10 Å². The Morgan fingerprint density at radius 2 is 1.92 bits per heavy atom. The number of piperidine rings is 2. The lowest BCUT2D eigenvalue weighted by atomic mass is 9.87. The second-order valence-corrected chi connectivity index (χ2v) is 6.53. The average Bonchev–Trinajstić information content (AvgIpc) is 2.61. The van der Waals surface area contributed by atoms with Gasteiger partial charge in [-0.15, -0.1) is 10.2 Å². The maximum Gasteiger partial charge on any atom is 0.233 e. The van der Waals surface area contributed by atoms with Gasteiger partial charge in [0.2, 0.25) is 5.88 Å². The zero-order chi connectivity index (χ0) is 16.5. The van der Waals surface area contributed by atoms with Crippen molar-refractivity contribution in [3.63, 3.8) is 0 Å². The predicted molar refractivity (Wildman–Crippen MR) is 85.6 cm³/mol. The van der Waals surface area contributed by atoms with Crippen LogP contribution in [0, 0.1) is 17.6 Å². The molecule has 0 radical (unpaired) electrons. The van der Waals surface area contributed by atoms with E-state index in [1.54, 1.807) is 12.1 Å². The fraction of sp³-hybridized carbons (Fsp3) is 0.444. The molecule has 3 atom stereocenters. The number of ether oxygens (including phenoxy) is 1. The van der Waals surface area contributed by atoms with Crippen LogP contribution in [-0.4, -0.2) is 40.8 Å². The van der Waals surface area contributed by atoms with E-state index in [1.165, 1.54) is 25.5 Å². The molecule has 4 rings (SSSR count). The minimum atomic E-state index is -0.890. The molecule has 2 aliphatic heterocycles. The molecule has 2 saturated heterocycles. The van der Waals surface area contributed by atoms with E-state index in [1.807, 2.05) is 0 Å². The lowest BCUT2D eigenvalue weighted by Crippen LogP contribution is -2.49. The highest BCUT2D eigenvalue weighted by Gasteiger charge is 2.33. The van der Waals surface area contributed by atoms with Crippen LogP contribution < -0.4 is 4.74 Å². The summed E-state index contributed by atoms with van der Waals surface area (Å²) in [5.41, 5.74) is 0.988. The van der Waals surface area contributed by atoms with Crippen molar-refractivity contribution >= 4 is 0 Å². The van der Waals surface area contributed by atoms with Gasteiger partial charge in [-0.1, -0.05) is 0 Å². The van der Waals surface area contributed by atoms with Gasteiger partial charge in [-0.2, -0.15) is 0 Å². The Balaban J connectivity index is 1.46. The van der Waals surface area contributed by atoms with Crippen LogP contribution in [0.2, 0.25) is 0 Å². The highest BCUT2D eigenvalue weighted by atomic mass is 19.2. The minimum absolute atomic E-state index is 0.185. The molecule has 1 aromatic heterocycles. The fourth-order valence-corrected chi connectivity index (χ4v) is 3.65. The first kappa shape index (κ1) is 15.4. The third-order valence-electron chi connectivity index (χ3n) is 4.93. The second kappa shape index (κ2) is 6.43. The Bertz CT molecular complexity index is 723. The summed E-state index contributed by atoms with van der Waals surface area (Å²) < 4.78 is 32.4. The molecule has 3 unspecified atom stereocenters. The summed E-state index contributed by atoms with van der Waals surface area (Å²) in [6.45, 7) is 3.37. The SMILES string of the molecule is Fc1ccc(-c2ccc(OC3CCN4CCCC3C4)nn2)cc1F. The van der Waals surface area contributed by atoms with E-state index in [-0.39, 0.29) is 6.10 Å². The van der Waals surface area contributed by atoms with Gasteiger partial charge in [0.05, 0.1) is 5.69 Å².